The minimum atomic E-state index is -1.68. The number of hydrogen-bond acceptors (Lipinski definition) is 1. The molecule has 3 aliphatic carbocycles. The average Bonchev–Trinajstić information content (AvgIpc) is 2.86. The molecule has 3 atom stereocenters. The number of allylic oxidation sites excluding steroid dienone is 1. The summed E-state index contributed by atoms with van der Waals surface area (Å²) in [5, 5.41) is 0.307. The highest BCUT2D eigenvalue weighted by atomic mass is 79.9. The first-order chi connectivity index (χ1) is 9.89. The Morgan fingerprint density at radius 2 is 1.77 bits per heavy atom. The SMILES string of the molecule is CC1(C)CC(Br)=C([C@@]23C[C@@H]2CC[C@H]3O[Si](C)(C)C(C)(C)C)C1. The van der Waals surface area contributed by atoms with Gasteiger partial charge in [-0.2, -0.15) is 0 Å². The summed E-state index contributed by atoms with van der Waals surface area (Å²) in [6, 6.07) is 0. The maximum atomic E-state index is 6.93. The minimum Gasteiger partial charge on any atom is -0.413 e. The van der Waals surface area contributed by atoms with Gasteiger partial charge in [0.1, 0.15) is 0 Å². The number of rotatable bonds is 3. The van der Waals surface area contributed by atoms with Gasteiger partial charge in [0.15, 0.2) is 8.32 Å². The molecular weight excluding hydrogens is 352 g/mol. The maximum absolute atomic E-state index is 6.93. The van der Waals surface area contributed by atoms with Crippen molar-refractivity contribution < 1.29 is 4.43 Å². The van der Waals surface area contributed by atoms with Gasteiger partial charge in [-0.3, -0.25) is 0 Å². The summed E-state index contributed by atoms with van der Waals surface area (Å²) in [4.78, 5) is 0. The van der Waals surface area contributed by atoms with Gasteiger partial charge < -0.3 is 4.43 Å². The van der Waals surface area contributed by atoms with Gasteiger partial charge in [0, 0.05) is 5.41 Å². The minimum absolute atomic E-state index is 0.307. The van der Waals surface area contributed by atoms with Gasteiger partial charge in [0.05, 0.1) is 6.10 Å². The molecule has 0 aliphatic heterocycles. The third-order valence-electron chi connectivity index (χ3n) is 6.93. The van der Waals surface area contributed by atoms with Crippen LogP contribution in [0, 0.1) is 16.7 Å². The zero-order valence-corrected chi connectivity index (χ0v) is 18.1. The van der Waals surface area contributed by atoms with E-state index in [1.54, 1.807) is 5.57 Å². The predicted molar refractivity (Wildman–Crippen MR) is 101 cm³/mol. The molecule has 1 nitrogen and oxygen atoms in total. The van der Waals surface area contributed by atoms with Crippen molar-refractivity contribution in [2.45, 2.75) is 91.0 Å². The summed E-state index contributed by atoms with van der Waals surface area (Å²) in [5.41, 5.74) is 2.56. The Labute approximate surface area is 146 Å². The molecule has 0 radical (unpaired) electrons. The van der Waals surface area contributed by atoms with E-state index < -0.39 is 8.32 Å². The summed E-state index contributed by atoms with van der Waals surface area (Å²) in [6.07, 6.45) is 7.00. The second-order valence-corrected chi connectivity index (χ2v) is 16.0. The van der Waals surface area contributed by atoms with Gasteiger partial charge >= 0.3 is 0 Å². The van der Waals surface area contributed by atoms with Gasteiger partial charge in [-0.15, -0.1) is 0 Å². The zero-order chi connectivity index (χ0) is 16.6. The molecule has 0 amide bonds. The van der Waals surface area contributed by atoms with Crippen LogP contribution in [0.1, 0.15) is 66.7 Å². The van der Waals surface area contributed by atoms with Gasteiger partial charge in [-0.1, -0.05) is 56.1 Å². The Hall–Kier alpha value is 0.397. The lowest BCUT2D eigenvalue weighted by atomic mass is 9.83. The summed E-state index contributed by atoms with van der Waals surface area (Å²) < 4.78 is 8.44. The van der Waals surface area contributed by atoms with Crippen molar-refractivity contribution >= 4 is 24.2 Å². The van der Waals surface area contributed by atoms with Crippen molar-refractivity contribution in [3.8, 4) is 0 Å². The van der Waals surface area contributed by atoms with E-state index in [9.17, 15) is 0 Å². The van der Waals surface area contributed by atoms with Crippen LogP contribution >= 0.6 is 15.9 Å². The normalized spacial score (nSPS) is 37.6. The molecule has 0 heterocycles. The van der Waals surface area contributed by atoms with Crippen molar-refractivity contribution in [2.24, 2.45) is 16.7 Å². The lowest BCUT2D eigenvalue weighted by Gasteiger charge is -2.41. The molecule has 0 aromatic rings. The maximum Gasteiger partial charge on any atom is 0.192 e. The topological polar surface area (TPSA) is 9.23 Å². The number of fused-ring (bicyclic) bond motifs is 1. The molecule has 2 saturated carbocycles. The van der Waals surface area contributed by atoms with Crippen molar-refractivity contribution in [3.63, 3.8) is 0 Å². The van der Waals surface area contributed by atoms with Gasteiger partial charge in [-0.25, -0.2) is 0 Å². The average molecular weight is 385 g/mol. The van der Waals surface area contributed by atoms with E-state index >= 15 is 0 Å². The van der Waals surface area contributed by atoms with Crippen LogP contribution in [0.5, 0.6) is 0 Å². The highest BCUT2D eigenvalue weighted by Gasteiger charge is 2.67. The Balaban J connectivity index is 1.85. The predicted octanol–water partition coefficient (Wildman–Crippen LogP) is 6.65. The van der Waals surface area contributed by atoms with Crippen LogP contribution in [0.2, 0.25) is 18.1 Å². The van der Waals surface area contributed by atoms with Crippen molar-refractivity contribution in [3.05, 3.63) is 10.1 Å². The van der Waals surface area contributed by atoms with E-state index in [1.807, 2.05) is 0 Å². The number of halogens is 1. The fourth-order valence-corrected chi connectivity index (χ4v) is 7.22. The molecule has 0 aromatic carbocycles. The molecule has 3 aliphatic rings. The third kappa shape index (κ3) is 2.59. The summed E-state index contributed by atoms with van der Waals surface area (Å²) in [6.45, 7) is 16.7. The molecule has 0 spiro atoms. The van der Waals surface area contributed by atoms with Crippen LogP contribution in [0.3, 0.4) is 0 Å². The smallest absolute Gasteiger partial charge is 0.192 e. The van der Waals surface area contributed by atoms with Gasteiger partial charge in [0.2, 0.25) is 0 Å². The fraction of sp³-hybridized carbons (Fsp3) is 0.895. The zero-order valence-electron chi connectivity index (χ0n) is 15.5. The van der Waals surface area contributed by atoms with Crippen LogP contribution in [0.25, 0.3) is 0 Å². The summed E-state index contributed by atoms with van der Waals surface area (Å²) >= 11 is 3.93. The molecule has 22 heavy (non-hydrogen) atoms. The first kappa shape index (κ1) is 17.2. The van der Waals surface area contributed by atoms with E-state index in [1.165, 1.54) is 36.6 Å². The second-order valence-electron chi connectivity index (χ2n) is 10.3. The van der Waals surface area contributed by atoms with E-state index in [0.29, 0.717) is 22.0 Å². The van der Waals surface area contributed by atoms with E-state index in [4.69, 9.17) is 4.43 Å². The first-order valence-electron chi connectivity index (χ1n) is 8.95. The van der Waals surface area contributed by atoms with Gasteiger partial charge in [0.25, 0.3) is 0 Å². The molecule has 0 bridgehead atoms. The highest BCUT2D eigenvalue weighted by Crippen LogP contribution is 2.72. The second kappa shape index (κ2) is 4.95. The lowest BCUT2D eigenvalue weighted by Crippen LogP contribution is -2.46. The molecule has 0 unspecified atom stereocenters. The van der Waals surface area contributed by atoms with Crippen molar-refractivity contribution in [2.75, 3.05) is 0 Å². The van der Waals surface area contributed by atoms with Gasteiger partial charge in [-0.05, 0) is 66.1 Å². The van der Waals surface area contributed by atoms with Crippen molar-refractivity contribution in [1.82, 2.24) is 0 Å². The summed E-state index contributed by atoms with van der Waals surface area (Å²) in [5.74, 6) is 0.902. The van der Waals surface area contributed by atoms with E-state index in [2.05, 4.69) is 63.6 Å². The molecular formula is C19H33BrOSi. The third-order valence-corrected chi connectivity index (χ3v) is 12.2. The van der Waals surface area contributed by atoms with Crippen molar-refractivity contribution in [1.29, 1.82) is 0 Å². The van der Waals surface area contributed by atoms with Crippen LogP contribution < -0.4 is 0 Å². The Bertz CT molecular complexity index is 514. The molecule has 0 aromatic heterocycles. The number of hydrogen-bond donors (Lipinski definition) is 0. The fourth-order valence-electron chi connectivity index (χ4n) is 4.55. The molecule has 0 saturated heterocycles. The van der Waals surface area contributed by atoms with Crippen LogP contribution in [-0.4, -0.2) is 14.4 Å². The summed E-state index contributed by atoms with van der Waals surface area (Å²) in [7, 11) is -1.68. The monoisotopic (exact) mass is 384 g/mol. The lowest BCUT2D eigenvalue weighted by molar-refractivity contribution is 0.128. The Kier molecular flexibility index (Phi) is 3.88. The van der Waals surface area contributed by atoms with Crippen LogP contribution in [-0.2, 0) is 4.43 Å². The Morgan fingerprint density at radius 3 is 2.23 bits per heavy atom. The Morgan fingerprint density at radius 1 is 1.14 bits per heavy atom. The van der Waals surface area contributed by atoms with Crippen LogP contribution in [0.15, 0.2) is 10.1 Å². The molecule has 3 rings (SSSR count). The molecule has 0 N–H and O–H groups in total. The van der Waals surface area contributed by atoms with E-state index in [-0.39, 0.29) is 0 Å². The highest BCUT2D eigenvalue weighted by molar-refractivity contribution is 9.11. The molecule has 126 valence electrons. The largest absolute Gasteiger partial charge is 0.413 e. The molecule has 2 fully saturated rings. The molecule has 3 heteroatoms. The quantitative estimate of drug-likeness (QED) is 0.495. The van der Waals surface area contributed by atoms with Crippen LogP contribution in [0.4, 0.5) is 0 Å². The standard InChI is InChI=1S/C19H33BrOSi/c1-17(2,3)22(6,7)21-16-9-8-13-10-19(13,16)14-11-18(4,5)12-15(14)20/h13,16H,8-12H2,1-7H3/t13-,16+,19+/m0/s1. The van der Waals surface area contributed by atoms with E-state index in [0.717, 1.165) is 5.92 Å². The first-order valence-corrected chi connectivity index (χ1v) is 12.6.